The minimum atomic E-state index is -0.0858. The molecule has 1 aliphatic heterocycles. The average Bonchev–Trinajstić information content (AvgIpc) is 3.38. The van der Waals surface area contributed by atoms with Gasteiger partial charge < -0.3 is 10.6 Å². The summed E-state index contributed by atoms with van der Waals surface area (Å²) in [5, 5.41) is 6.76. The van der Waals surface area contributed by atoms with Crippen molar-refractivity contribution >= 4 is 21.8 Å². The van der Waals surface area contributed by atoms with Crippen molar-refractivity contribution in [2.24, 2.45) is 11.3 Å². The Labute approximate surface area is 134 Å². The number of amides is 1. The normalized spacial score (nSPS) is 28.1. The topological polar surface area (TPSA) is 41.1 Å². The molecule has 0 bridgehead atoms. The van der Waals surface area contributed by atoms with E-state index in [1.807, 2.05) is 6.07 Å². The Kier molecular flexibility index (Phi) is 3.16. The van der Waals surface area contributed by atoms with Crippen molar-refractivity contribution < 1.29 is 4.79 Å². The largest absolute Gasteiger partial charge is 0.346 e. The van der Waals surface area contributed by atoms with Crippen molar-refractivity contribution in [3.05, 3.63) is 34.3 Å². The molecule has 1 aromatic rings. The molecule has 3 nitrogen and oxygen atoms in total. The number of carbonyl (C=O) groups excluding carboxylic acids is 1. The van der Waals surface area contributed by atoms with E-state index in [0.29, 0.717) is 5.41 Å². The van der Waals surface area contributed by atoms with Gasteiger partial charge in [0.25, 0.3) is 0 Å². The Morgan fingerprint density at radius 2 is 2.00 bits per heavy atom. The van der Waals surface area contributed by atoms with Crippen LogP contribution in [0.15, 0.2) is 28.7 Å². The van der Waals surface area contributed by atoms with E-state index in [9.17, 15) is 4.79 Å². The molecular formula is C17H21BrN2O. The lowest BCUT2D eigenvalue weighted by molar-refractivity contribution is -0.124. The van der Waals surface area contributed by atoms with Gasteiger partial charge in [0, 0.05) is 10.4 Å². The molecule has 0 aromatic heterocycles. The van der Waals surface area contributed by atoms with Crippen LogP contribution in [0.4, 0.5) is 0 Å². The monoisotopic (exact) mass is 348 g/mol. The zero-order valence-electron chi connectivity index (χ0n) is 12.1. The molecule has 1 aromatic carbocycles. The second-order valence-electron chi connectivity index (χ2n) is 6.95. The van der Waals surface area contributed by atoms with Crippen LogP contribution in [0.25, 0.3) is 0 Å². The van der Waals surface area contributed by atoms with Crippen LogP contribution in [0.3, 0.4) is 0 Å². The Morgan fingerprint density at radius 3 is 2.67 bits per heavy atom. The van der Waals surface area contributed by atoms with Gasteiger partial charge in [-0.2, -0.15) is 0 Å². The number of piperidine rings is 1. The minimum Gasteiger partial charge on any atom is -0.346 e. The zero-order chi connectivity index (χ0) is 14.5. The van der Waals surface area contributed by atoms with E-state index in [-0.39, 0.29) is 17.4 Å². The molecule has 1 amide bonds. The van der Waals surface area contributed by atoms with Crippen molar-refractivity contribution in [2.75, 3.05) is 13.1 Å². The summed E-state index contributed by atoms with van der Waals surface area (Å²) in [4.78, 5) is 12.6. The van der Waals surface area contributed by atoms with Gasteiger partial charge in [0.1, 0.15) is 0 Å². The van der Waals surface area contributed by atoms with Crippen molar-refractivity contribution in [3.63, 3.8) is 0 Å². The highest BCUT2D eigenvalue weighted by Gasteiger charge is 2.59. The third kappa shape index (κ3) is 2.42. The van der Waals surface area contributed by atoms with Crippen LogP contribution in [-0.4, -0.2) is 19.0 Å². The molecular weight excluding hydrogens is 328 g/mol. The molecule has 3 fully saturated rings. The van der Waals surface area contributed by atoms with Crippen molar-refractivity contribution in [1.29, 1.82) is 0 Å². The van der Waals surface area contributed by atoms with Crippen LogP contribution in [-0.2, 0) is 10.3 Å². The van der Waals surface area contributed by atoms with E-state index in [1.165, 1.54) is 5.56 Å². The van der Waals surface area contributed by atoms with Crippen LogP contribution < -0.4 is 10.6 Å². The molecule has 1 saturated heterocycles. The molecule has 1 heterocycles. The van der Waals surface area contributed by atoms with E-state index in [2.05, 4.69) is 44.8 Å². The summed E-state index contributed by atoms with van der Waals surface area (Å²) in [6.45, 7) is 2.14. The third-order valence-corrected chi connectivity index (χ3v) is 6.09. The second kappa shape index (κ2) is 4.82. The van der Waals surface area contributed by atoms with E-state index in [0.717, 1.165) is 49.7 Å². The molecule has 1 unspecified atom stereocenters. The first-order valence-corrected chi connectivity index (χ1v) is 8.72. The van der Waals surface area contributed by atoms with Crippen LogP contribution in [0, 0.1) is 11.3 Å². The second-order valence-corrected chi connectivity index (χ2v) is 7.87. The van der Waals surface area contributed by atoms with Gasteiger partial charge in [-0.15, -0.1) is 0 Å². The number of hydrogen-bond donors (Lipinski definition) is 2. The number of benzene rings is 1. The molecule has 2 aliphatic carbocycles. The molecule has 0 radical (unpaired) electrons. The molecule has 4 rings (SSSR count). The van der Waals surface area contributed by atoms with E-state index >= 15 is 0 Å². The number of rotatable bonds is 3. The molecule has 112 valence electrons. The number of hydrogen-bond acceptors (Lipinski definition) is 2. The van der Waals surface area contributed by atoms with Gasteiger partial charge >= 0.3 is 0 Å². The van der Waals surface area contributed by atoms with Crippen molar-refractivity contribution in [2.45, 2.75) is 37.6 Å². The number of carbonyl (C=O) groups is 1. The van der Waals surface area contributed by atoms with Gasteiger partial charge in [-0.25, -0.2) is 0 Å². The third-order valence-electron chi connectivity index (χ3n) is 5.60. The predicted molar refractivity (Wildman–Crippen MR) is 85.8 cm³/mol. The lowest BCUT2D eigenvalue weighted by Gasteiger charge is -2.24. The van der Waals surface area contributed by atoms with Crippen molar-refractivity contribution in [1.82, 2.24) is 10.6 Å². The van der Waals surface area contributed by atoms with Gasteiger partial charge in [-0.05, 0) is 68.3 Å². The average molecular weight is 349 g/mol. The minimum absolute atomic E-state index is 0.0858. The van der Waals surface area contributed by atoms with Crippen LogP contribution in [0.2, 0.25) is 0 Å². The molecule has 3 aliphatic rings. The predicted octanol–water partition coefficient (Wildman–Crippen LogP) is 2.94. The summed E-state index contributed by atoms with van der Waals surface area (Å²) < 4.78 is 1.08. The Bertz CT molecular complexity index is 576. The highest BCUT2D eigenvalue weighted by molar-refractivity contribution is 9.10. The first-order chi connectivity index (χ1) is 10.1. The first kappa shape index (κ1) is 13.8. The number of nitrogens with one attached hydrogen (secondary N) is 2. The van der Waals surface area contributed by atoms with Crippen LogP contribution >= 0.6 is 15.9 Å². The highest BCUT2D eigenvalue weighted by Crippen LogP contribution is 2.59. The maximum Gasteiger partial charge on any atom is 0.224 e. The molecule has 21 heavy (non-hydrogen) atoms. The standard InChI is InChI=1S/C17H21BrN2O/c18-13-3-1-2-12(10-13)17(4-5-17)20-15(21)14-11-16(14)6-8-19-9-7-16/h1-3,10,14,19H,4-9,11H2,(H,20,21). The summed E-state index contributed by atoms with van der Waals surface area (Å²) in [5.41, 5.74) is 1.48. The fourth-order valence-corrected chi connectivity index (χ4v) is 4.31. The quantitative estimate of drug-likeness (QED) is 0.881. The van der Waals surface area contributed by atoms with Gasteiger partial charge in [0.15, 0.2) is 0 Å². The maximum absolute atomic E-state index is 12.6. The van der Waals surface area contributed by atoms with E-state index in [1.54, 1.807) is 0 Å². The lowest BCUT2D eigenvalue weighted by Crippen LogP contribution is -2.38. The first-order valence-electron chi connectivity index (χ1n) is 7.92. The summed E-state index contributed by atoms with van der Waals surface area (Å²) in [6.07, 6.45) is 5.55. The smallest absolute Gasteiger partial charge is 0.224 e. The highest BCUT2D eigenvalue weighted by atomic mass is 79.9. The molecule has 1 spiro atoms. The van der Waals surface area contributed by atoms with Gasteiger partial charge in [-0.3, -0.25) is 4.79 Å². The number of halogens is 1. The fourth-order valence-electron chi connectivity index (χ4n) is 3.92. The summed E-state index contributed by atoms with van der Waals surface area (Å²) in [6, 6.07) is 8.36. The van der Waals surface area contributed by atoms with Gasteiger partial charge in [0.05, 0.1) is 5.54 Å². The zero-order valence-corrected chi connectivity index (χ0v) is 13.7. The van der Waals surface area contributed by atoms with Crippen LogP contribution in [0.1, 0.15) is 37.7 Å². The lowest BCUT2D eigenvalue weighted by atomic mass is 9.91. The summed E-state index contributed by atoms with van der Waals surface area (Å²) in [5.74, 6) is 0.540. The van der Waals surface area contributed by atoms with Gasteiger partial charge in [-0.1, -0.05) is 28.1 Å². The Morgan fingerprint density at radius 1 is 1.24 bits per heavy atom. The molecule has 1 atom stereocenters. The molecule has 2 saturated carbocycles. The van der Waals surface area contributed by atoms with Gasteiger partial charge in [0.2, 0.25) is 5.91 Å². The van der Waals surface area contributed by atoms with E-state index in [4.69, 9.17) is 0 Å². The Hall–Kier alpha value is -0.870. The van der Waals surface area contributed by atoms with E-state index < -0.39 is 0 Å². The summed E-state index contributed by atoms with van der Waals surface area (Å²) in [7, 11) is 0. The fraction of sp³-hybridized carbons (Fsp3) is 0.588. The van der Waals surface area contributed by atoms with Crippen LogP contribution in [0.5, 0.6) is 0 Å². The Balaban J connectivity index is 1.45. The maximum atomic E-state index is 12.6. The SMILES string of the molecule is O=C(NC1(c2cccc(Br)c2)CC1)C1CC12CCNCC2. The summed E-state index contributed by atoms with van der Waals surface area (Å²) >= 11 is 3.53. The van der Waals surface area contributed by atoms with Crippen molar-refractivity contribution in [3.8, 4) is 0 Å². The molecule has 2 N–H and O–H groups in total. The molecule has 4 heteroatoms.